The van der Waals surface area contributed by atoms with E-state index in [1.54, 1.807) is 0 Å². The summed E-state index contributed by atoms with van der Waals surface area (Å²) in [6.07, 6.45) is 0. The van der Waals surface area contributed by atoms with Crippen LogP contribution in [0.25, 0.3) is 0 Å². The predicted octanol–water partition coefficient (Wildman–Crippen LogP) is 2.72. The zero-order valence-electron chi connectivity index (χ0n) is 11.0. The number of hydrogen-bond donors (Lipinski definition) is 1. The monoisotopic (exact) mass is 321 g/mol. The van der Waals surface area contributed by atoms with E-state index in [2.05, 4.69) is 10.3 Å². The number of halogens is 1. The first kappa shape index (κ1) is 14.2. The van der Waals surface area contributed by atoms with E-state index in [0.717, 1.165) is 5.56 Å². The van der Waals surface area contributed by atoms with Crippen molar-refractivity contribution in [2.24, 2.45) is 0 Å². The van der Waals surface area contributed by atoms with Crippen molar-refractivity contribution in [3.8, 4) is 0 Å². The standard InChI is InChI=1S/C14H12ClN3O2S/c15-14-12(13(20)10-7-21-8-11(10)19)16-17-18(14)6-9-4-2-1-3-5-9/h1-5,19H,6-8H2. The summed E-state index contributed by atoms with van der Waals surface area (Å²) in [7, 11) is 0. The van der Waals surface area contributed by atoms with Crippen LogP contribution in [-0.2, 0) is 6.54 Å². The molecule has 7 heteroatoms. The highest BCUT2D eigenvalue weighted by Crippen LogP contribution is 2.27. The Hall–Kier alpha value is -1.79. The van der Waals surface area contributed by atoms with Gasteiger partial charge in [-0.3, -0.25) is 4.79 Å². The molecule has 0 atom stereocenters. The fourth-order valence-electron chi connectivity index (χ4n) is 2.06. The van der Waals surface area contributed by atoms with Gasteiger partial charge in [-0.1, -0.05) is 47.1 Å². The molecule has 0 amide bonds. The number of nitrogens with zero attached hydrogens (tertiary/aromatic N) is 3. The first-order valence-corrected chi connectivity index (χ1v) is 7.86. The van der Waals surface area contributed by atoms with Gasteiger partial charge in [0, 0.05) is 5.75 Å². The van der Waals surface area contributed by atoms with E-state index in [-0.39, 0.29) is 22.4 Å². The number of thioether (sulfide) groups is 1. The molecule has 2 aromatic rings. The number of aliphatic hydroxyl groups is 1. The van der Waals surface area contributed by atoms with Crippen molar-refractivity contribution in [2.75, 3.05) is 11.5 Å². The highest BCUT2D eigenvalue weighted by molar-refractivity contribution is 7.99. The Bertz CT molecular complexity index is 712. The summed E-state index contributed by atoms with van der Waals surface area (Å²) < 4.78 is 1.48. The molecule has 0 unspecified atom stereocenters. The number of benzene rings is 1. The van der Waals surface area contributed by atoms with Gasteiger partial charge in [-0.25, -0.2) is 4.68 Å². The van der Waals surface area contributed by atoms with E-state index < -0.39 is 0 Å². The maximum absolute atomic E-state index is 12.3. The Morgan fingerprint density at radius 1 is 1.33 bits per heavy atom. The van der Waals surface area contributed by atoms with Crippen molar-refractivity contribution in [2.45, 2.75) is 6.54 Å². The average Bonchev–Trinajstić information content (AvgIpc) is 3.07. The van der Waals surface area contributed by atoms with Gasteiger partial charge in [0.15, 0.2) is 10.8 Å². The highest BCUT2D eigenvalue weighted by atomic mass is 35.5. The number of aromatic nitrogens is 3. The minimum atomic E-state index is -0.346. The molecular formula is C14H12ClN3O2S. The van der Waals surface area contributed by atoms with Crippen molar-refractivity contribution < 1.29 is 9.90 Å². The molecule has 1 aromatic carbocycles. The van der Waals surface area contributed by atoms with Gasteiger partial charge in [-0.05, 0) is 5.56 Å². The second kappa shape index (κ2) is 5.91. The Morgan fingerprint density at radius 2 is 2.10 bits per heavy atom. The third kappa shape index (κ3) is 2.82. The topological polar surface area (TPSA) is 68.0 Å². The second-order valence-electron chi connectivity index (χ2n) is 4.62. The van der Waals surface area contributed by atoms with Crippen LogP contribution in [0.3, 0.4) is 0 Å². The summed E-state index contributed by atoms with van der Waals surface area (Å²) in [5.41, 5.74) is 1.48. The molecule has 0 bridgehead atoms. The van der Waals surface area contributed by atoms with Gasteiger partial charge in [0.25, 0.3) is 0 Å². The summed E-state index contributed by atoms with van der Waals surface area (Å²) in [6, 6.07) is 9.66. The lowest BCUT2D eigenvalue weighted by Gasteiger charge is -2.02. The molecule has 1 aromatic heterocycles. The maximum Gasteiger partial charge on any atom is 0.216 e. The smallest absolute Gasteiger partial charge is 0.216 e. The Labute approximate surface area is 130 Å². The number of Topliss-reactive ketones (excluding diaryl/α,β-unsaturated/α-hetero) is 1. The van der Waals surface area contributed by atoms with Crippen LogP contribution >= 0.6 is 23.4 Å². The Morgan fingerprint density at radius 3 is 2.76 bits per heavy atom. The average molecular weight is 322 g/mol. The van der Waals surface area contributed by atoms with Crippen LogP contribution in [0.5, 0.6) is 0 Å². The number of carbonyl (C=O) groups excluding carboxylic acids is 1. The molecule has 0 fully saturated rings. The molecule has 1 aliphatic rings. The zero-order valence-corrected chi connectivity index (χ0v) is 12.6. The van der Waals surface area contributed by atoms with Crippen molar-refractivity contribution >= 4 is 29.1 Å². The van der Waals surface area contributed by atoms with Crippen LogP contribution in [0, 0.1) is 0 Å². The highest BCUT2D eigenvalue weighted by Gasteiger charge is 2.27. The maximum atomic E-state index is 12.3. The lowest BCUT2D eigenvalue weighted by atomic mass is 10.1. The van der Waals surface area contributed by atoms with Gasteiger partial charge in [0.1, 0.15) is 5.76 Å². The number of rotatable bonds is 4. The first-order valence-electron chi connectivity index (χ1n) is 6.33. The minimum absolute atomic E-state index is 0.0941. The number of carbonyl (C=O) groups is 1. The molecule has 21 heavy (non-hydrogen) atoms. The Balaban J connectivity index is 1.86. The van der Waals surface area contributed by atoms with Gasteiger partial charge >= 0.3 is 0 Å². The lowest BCUT2D eigenvalue weighted by molar-refractivity contribution is 0.102. The molecule has 1 N–H and O–H groups in total. The van der Waals surface area contributed by atoms with Gasteiger partial charge in [-0.2, -0.15) is 0 Å². The van der Waals surface area contributed by atoms with Crippen molar-refractivity contribution in [1.82, 2.24) is 15.0 Å². The van der Waals surface area contributed by atoms with Crippen LogP contribution in [0.4, 0.5) is 0 Å². The van der Waals surface area contributed by atoms with Crippen LogP contribution in [0.1, 0.15) is 16.1 Å². The third-order valence-corrected chi connectivity index (χ3v) is 4.52. The minimum Gasteiger partial charge on any atom is -0.511 e. The molecule has 1 aliphatic heterocycles. The molecule has 3 rings (SSSR count). The van der Waals surface area contributed by atoms with E-state index in [9.17, 15) is 9.90 Å². The summed E-state index contributed by atoms with van der Waals surface area (Å²) in [5, 5.41) is 17.7. The van der Waals surface area contributed by atoms with Crippen LogP contribution in [0.2, 0.25) is 5.15 Å². The number of aliphatic hydroxyl groups excluding tert-OH is 1. The van der Waals surface area contributed by atoms with Crippen molar-refractivity contribution in [1.29, 1.82) is 0 Å². The molecule has 0 spiro atoms. The molecule has 0 aliphatic carbocycles. The third-order valence-electron chi connectivity index (χ3n) is 3.17. The van der Waals surface area contributed by atoms with Crippen molar-refractivity contribution in [3.05, 3.63) is 58.1 Å². The molecular weight excluding hydrogens is 310 g/mol. The van der Waals surface area contributed by atoms with Crippen LogP contribution in [0.15, 0.2) is 41.7 Å². The SMILES string of the molecule is O=C(C1=C(O)CSC1)c1nnn(Cc2ccccc2)c1Cl. The second-order valence-corrected chi connectivity index (χ2v) is 5.96. The summed E-state index contributed by atoms with van der Waals surface area (Å²) >= 11 is 7.69. The first-order chi connectivity index (χ1) is 10.2. The lowest BCUT2D eigenvalue weighted by Crippen LogP contribution is -2.08. The van der Waals surface area contributed by atoms with Gasteiger partial charge in [0.2, 0.25) is 5.78 Å². The zero-order chi connectivity index (χ0) is 14.8. The van der Waals surface area contributed by atoms with Gasteiger partial charge in [-0.15, -0.1) is 16.9 Å². The van der Waals surface area contributed by atoms with E-state index in [0.29, 0.717) is 23.6 Å². The van der Waals surface area contributed by atoms with E-state index in [1.807, 2.05) is 30.3 Å². The fourth-order valence-corrected chi connectivity index (χ4v) is 3.25. The molecule has 0 radical (unpaired) electrons. The van der Waals surface area contributed by atoms with E-state index in [4.69, 9.17) is 11.6 Å². The molecule has 5 nitrogen and oxygen atoms in total. The van der Waals surface area contributed by atoms with Gasteiger partial charge < -0.3 is 5.11 Å². The largest absolute Gasteiger partial charge is 0.511 e. The van der Waals surface area contributed by atoms with Crippen LogP contribution in [-0.4, -0.2) is 37.4 Å². The molecule has 2 heterocycles. The summed E-state index contributed by atoms with van der Waals surface area (Å²) in [5.74, 6) is 0.698. The van der Waals surface area contributed by atoms with Crippen LogP contribution < -0.4 is 0 Å². The summed E-state index contributed by atoms with van der Waals surface area (Å²) in [4.78, 5) is 12.3. The predicted molar refractivity (Wildman–Crippen MR) is 81.9 cm³/mol. The van der Waals surface area contributed by atoms with Gasteiger partial charge in [0.05, 0.1) is 17.9 Å². The molecule has 108 valence electrons. The Kier molecular flexibility index (Phi) is 3.98. The van der Waals surface area contributed by atoms with E-state index >= 15 is 0 Å². The molecule has 0 saturated heterocycles. The quantitative estimate of drug-likeness (QED) is 0.877. The molecule has 0 saturated carbocycles. The normalized spacial score (nSPS) is 14.7. The fraction of sp³-hybridized carbons (Fsp3) is 0.214. The summed E-state index contributed by atoms with van der Waals surface area (Å²) in [6.45, 7) is 0.444. The van der Waals surface area contributed by atoms with Crippen molar-refractivity contribution in [3.63, 3.8) is 0 Å². The number of ketones is 1. The number of hydrogen-bond acceptors (Lipinski definition) is 5. The van der Waals surface area contributed by atoms with E-state index in [1.165, 1.54) is 16.4 Å².